The normalized spacial score (nSPS) is 10.9. The molecule has 12 heteroatoms. The Morgan fingerprint density at radius 1 is 1.11 bits per heavy atom. The van der Waals surface area contributed by atoms with Crippen LogP contribution in [0, 0.1) is 6.92 Å². The molecule has 0 aliphatic rings. The van der Waals surface area contributed by atoms with Crippen LogP contribution in [0.15, 0.2) is 24.5 Å². The molecule has 0 aliphatic heterocycles. The fraction of sp³-hybridized carbons (Fsp3) is 0.348. The number of methoxy groups -OCH3 is 2. The third kappa shape index (κ3) is 5.11. The van der Waals surface area contributed by atoms with Gasteiger partial charge in [0.25, 0.3) is 0 Å². The van der Waals surface area contributed by atoms with E-state index in [-0.39, 0.29) is 0 Å². The number of hydrogen-bond donors (Lipinski definition) is 2. The Labute approximate surface area is 206 Å². The Hall–Kier alpha value is -3.93. The van der Waals surface area contributed by atoms with Crippen LogP contribution in [-0.2, 0) is 17.8 Å². The molecular weight excluding hydrogens is 470 g/mol. The van der Waals surface area contributed by atoms with Gasteiger partial charge in [-0.1, -0.05) is 17.4 Å². The van der Waals surface area contributed by atoms with Gasteiger partial charge in [0.15, 0.2) is 33.6 Å². The molecule has 0 bridgehead atoms. The summed E-state index contributed by atoms with van der Waals surface area (Å²) in [7, 11) is 3.21. The molecule has 0 spiro atoms. The van der Waals surface area contributed by atoms with E-state index in [1.807, 2.05) is 29.7 Å². The minimum absolute atomic E-state index is 0.300. The van der Waals surface area contributed by atoms with E-state index in [1.54, 1.807) is 34.4 Å². The lowest BCUT2D eigenvalue weighted by Gasteiger charge is -2.12. The number of aryl methyl sites for hydroxylation is 2. The molecule has 2 N–H and O–H groups in total. The molecule has 0 aliphatic carbocycles. The standard InChI is InChI=1S/C23H27N7O4S/c1-6-30-12-25-17-19(24-11-14-8-9-15(32-4)16(10-14)33-5)27-22(28-20(17)30)29-23-26-13(3)18(35-23)21(31)34-7-2/h8-10,12H,6-7,11H2,1-5H3,(H2,24,26,27,28,29). The van der Waals surface area contributed by atoms with Gasteiger partial charge in [0.2, 0.25) is 5.95 Å². The monoisotopic (exact) mass is 497 g/mol. The number of imidazole rings is 1. The molecule has 0 saturated heterocycles. The maximum Gasteiger partial charge on any atom is 0.350 e. The summed E-state index contributed by atoms with van der Waals surface area (Å²) in [5.74, 6) is 1.82. The first kappa shape index (κ1) is 24.2. The highest BCUT2D eigenvalue weighted by Crippen LogP contribution is 2.30. The van der Waals surface area contributed by atoms with Crippen LogP contribution in [0.1, 0.15) is 34.8 Å². The summed E-state index contributed by atoms with van der Waals surface area (Å²) in [4.78, 5) is 30.8. The topological polar surface area (TPSA) is 125 Å². The molecule has 11 nitrogen and oxygen atoms in total. The predicted molar refractivity (Wildman–Crippen MR) is 134 cm³/mol. The van der Waals surface area contributed by atoms with Gasteiger partial charge in [0.05, 0.1) is 32.8 Å². The highest BCUT2D eigenvalue weighted by Gasteiger charge is 2.19. The Kier molecular flexibility index (Phi) is 7.30. The summed E-state index contributed by atoms with van der Waals surface area (Å²) < 4.78 is 17.8. The zero-order chi connectivity index (χ0) is 24.9. The van der Waals surface area contributed by atoms with Crippen LogP contribution >= 0.6 is 11.3 Å². The number of nitrogens with zero attached hydrogens (tertiary/aromatic N) is 5. The van der Waals surface area contributed by atoms with Crippen molar-refractivity contribution in [1.29, 1.82) is 0 Å². The highest BCUT2D eigenvalue weighted by molar-refractivity contribution is 7.17. The van der Waals surface area contributed by atoms with Gasteiger partial charge < -0.3 is 24.1 Å². The molecule has 3 heterocycles. The molecule has 0 radical (unpaired) electrons. The lowest BCUT2D eigenvalue weighted by Crippen LogP contribution is -2.07. The van der Waals surface area contributed by atoms with Gasteiger partial charge >= 0.3 is 5.97 Å². The van der Waals surface area contributed by atoms with Crippen LogP contribution in [0.3, 0.4) is 0 Å². The maximum atomic E-state index is 12.2. The van der Waals surface area contributed by atoms with E-state index in [0.717, 1.165) is 5.56 Å². The van der Waals surface area contributed by atoms with Crippen LogP contribution in [0.4, 0.5) is 16.9 Å². The van der Waals surface area contributed by atoms with Gasteiger partial charge in [0, 0.05) is 13.1 Å². The van der Waals surface area contributed by atoms with Gasteiger partial charge in [-0.3, -0.25) is 5.32 Å². The molecule has 0 saturated carbocycles. The van der Waals surface area contributed by atoms with Crippen molar-refractivity contribution in [3.63, 3.8) is 0 Å². The van der Waals surface area contributed by atoms with E-state index in [9.17, 15) is 4.79 Å². The second-order valence-corrected chi connectivity index (χ2v) is 8.42. The fourth-order valence-corrected chi connectivity index (χ4v) is 4.32. The number of anilines is 3. The molecule has 3 aromatic heterocycles. The van der Waals surface area contributed by atoms with Crippen LogP contribution in [-0.4, -0.2) is 51.3 Å². The van der Waals surface area contributed by atoms with E-state index in [4.69, 9.17) is 14.2 Å². The van der Waals surface area contributed by atoms with Gasteiger partial charge in [-0.05, 0) is 38.5 Å². The molecule has 1 aromatic carbocycles. The average molecular weight is 498 g/mol. The molecular formula is C23H27N7O4S. The number of carbonyl (C=O) groups excluding carboxylic acids is 1. The molecule has 0 fully saturated rings. The van der Waals surface area contributed by atoms with E-state index < -0.39 is 5.97 Å². The van der Waals surface area contributed by atoms with Gasteiger partial charge in [-0.2, -0.15) is 9.97 Å². The number of rotatable bonds is 10. The van der Waals surface area contributed by atoms with Crippen LogP contribution in [0.5, 0.6) is 11.5 Å². The quantitative estimate of drug-likeness (QED) is 0.308. The largest absolute Gasteiger partial charge is 0.493 e. The smallest absolute Gasteiger partial charge is 0.350 e. The summed E-state index contributed by atoms with van der Waals surface area (Å²) in [6.07, 6.45) is 1.73. The van der Waals surface area contributed by atoms with Crippen molar-refractivity contribution in [2.75, 3.05) is 31.5 Å². The van der Waals surface area contributed by atoms with Gasteiger partial charge in [0.1, 0.15) is 4.88 Å². The number of carbonyl (C=O) groups is 1. The first-order valence-electron chi connectivity index (χ1n) is 11.1. The molecule has 0 unspecified atom stereocenters. The predicted octanol–water partition coefficient (Wildman–Crippen LogP) is 4.16. The number of hydrogen-bond acceptors (Lipinski definition) is 11. The van der Waals surface area contributed by atoms with Crippen molar-refractivity contribution in [1.82, 2.24) is 24.5 Å². The zero-order valence-electron chi connectivity index (χ0n) is 20.2. The average Bonchev–Trinajstić information content (AvgIpc) is 3.45. The van der Waals surface area contributed by atoms with Crippen LogP contribution in [0.2, 0.25) is 0 Å². The van der Waals surface area contributed by atoms with Gasteiger partial charge in [-0.25, -0.2) is 14.8 Å². The maximum absolute atomic E-state index is 12.2. The molecule has 4 aromatic rings. The summed E-state index contributed by atoms with van der Waals surface area (Å²) in [6.45, 7) is 7.03. The Morgan fingerprint density at radius 2 is 1.91 bits per heavy atom. The minimum atomic E-state index is -0.395. The van der Waals surface area contributed by atoms with Crippen molar-refractivity contribution in [2.45, 2.75) is 33.9 Å². The summed E-state index contributed by atoms with van der Waals surface area (Å²) in [5, 5.41) is 6.98. The lowest BCUT2D eigenvalue weighted by atomic mass is 10.2. The van der Waals surface area contributed by atoms with E-state index in [2.05, 4.69) is 30.6 Å². The number of thiazole rings is 1. The third-order valence-corrected chi connectivity index (χ3v) is 6.24. The van der Waals surface area contributed by atoms with E-state index in [0.29, 0.717) is 69.8 Å². The molecule has 35 heavy (non-hydrogen) atoms. The second kappa shape index (κ2) is 10.6. The number of esters is 1. The number of ether oxygens (including phenoxy) is 3. The number of aromatic nitrogens is 5. The third-order valence-electron chi connectivity index (χ3n) is 5.19. The van der Waals surface area contributed by atoms with Crippen molar-refractivity contribution >= 4 is 45.4 Å². The van der Waals surface area contributed by atoms with E-state index in [1.165, 1.54) is 11.3 Å². The van der Waals surface area contributed by atoms with Crippen LogP contribution in [0.25, 0.3) is 11.2 Å². The Balaban J connectivity index is 1.63. The molecule has 0 amide bonds. The lowest BCUT2D eigenvalue weighted by molar-refractivity contribution is 0.0531. The van der Waals surface area contributed by atoms with Crippen molar-refractivity contribution in [3.8, 4) is 11.5 Å². The molecule has 184 valence electrons. The number of fused-ring (bicyclic) bond motifs is 1. The number of nitrogens with one attached hydrogen (secondary N) is 2. The van der Waals surface area contributed by atoms with Crippen molar-refractivity contribution < 1.29 is 19.0 Å². The first-order valence-corrected chi connectivity index (χ1v) is 11.9. The summed E-state index contributed by atoms with van der Waals surface area (Å²) >= 11 is 1.20. The number of benzene rings is 1. The second-order valence-electron chi connectivity index (χ2n) is 7.42. The Morgan fingerprint density at radius 3 is 2.63 bits per heavy atom. The first-order chi connectivity index (χ1) is 17.0. The highest BCUT2D eigenvalue weighted by atomic mass is 32.1. The Bertz CT molecular complexity index is 1350. The van der Waals surface area contributed by atoms with Crippen molar-refractivity contribution in [3.05, 3.63) is 40.7 Å². The summed E-state index contributed by atoms with van der Waals surface area (Å²) in [5.41, 5.74) is 2.90. The van der Waals surface area contributed by atoms with Crippen LogP contribution < -0.4 is 20.1 Å². The van der Waals surface area contributed by atoms with E-state index >= 15 is 0 Å². The van der Waals surface area contributed by atoms with Gasteiger partial charge in [-0.15, -0.1) is 0 Å². The SMILES string of the molecule is CCOC(=O)c1sc(Nc2nc(NCc3ccc(OC)c(OC)c3)c3ncn(CC)c3n2)nc1C. The summed E-state index contributed by atoms with van der Waals surface area (Å²) in [6, 6.07) is 5.71. The fourth-order valence-electron chi connectivity index (χ4n) is 3.46. The molecule has 4 rings (SSSR count). The zero-order valence-corrected chi connectivity index (χ0v) is 21.0. The van der Waals surface area contributed by atoms with Crippen molar-refractivity contribution in [2.24, 2.45) is 0 Å². The minimum Gasteiger partial charge on any atom is -0.493 e. The molecule has 0 atom stereocenters.